The van der Waals surface area contributed by atoms with E-state index >= 15 is 0 Å². The summed E-state index contributed by atoms with van der Waals surface area (Å²) in [6.45, 7) is 8.02. The topological polar surface area (TPSA) is 43.1 Å². The largest absolute Gasteiger partial charge is 0.326 e. The summed E-state index contributed by atoms with van der Waals surface area (Å²) < 4.78 is 0. The second-order valence-corrected chi connectivity index (χ2v) is 5.63. The predicted octanol–water partition coefficient (Wildman–Crippen LogP) is 2.93. The van der Waals surface area contributed by atoms with Gasteiger partial charge in [0.05, 0.1) is 0 Å². The first kappa shape index (κ1) is 13.9. The number of rotatable bonds is 5. The maximum Gasteiger partial charge on any atom is 0.137 e. The van der Waals surface area contributed by atoms with Gasteiger partial charge in [0, 0.05) is 18.4 Å². The molecule has 0 aromatic heterocycles. The highest BCUT2D eigenvalue weighted by molar-refractivity contribution is 5.81. The van der Waals surface area contributed by atoms with E-state index in [4.69, 9.17) is 5.73 Å². The molecule has 17 heavy (non-hydrogen) atoms. The maximum atomic E-state index is 11.9. The van der Waals surface area contributed by atoms with Gasteiger partial charge in [-0.25, -0.2) is 0 Å². The van der Waals surface area contributed by atoms with Gasteiger partial charge in [-0.15, -0.1) is 0 Å². The first-order valence-electron chi connectivity index (χ1n) is 6.15. The molecule has 0 radical (unpaired) electrons. The molecule has 0 heterocycles. The average Bonchev–Trinajstić information content (AvgIpc) is 2.20. The molecule has 0 saturated heterocycles. The third kappa shape index (κ3) is 5.14. The van der Waals surface area contributed by atoms with E-state index in [1.807, 2.05) is 13.8 Å². The Hall–Kier alpha value is -1.15. The van der Waals surface area contributed by atoms with Crippen molar-refractivity contribution in [2.24, 2.45) is 5.73 Å². The van der Waals surface area contributed by atoms with E-state index in [0.29, 0.717) is 12.8 Å². The van der Waals surface area contributed by atoms with Crippen molar-refractivity contribution in [1.82, 2.24) is 0 Å². The van der Waals surface area contributed by atoms with Crippen LogP contribution in [0.1, 0.15) is 43.4 Å². The quantitative estimate of drug-likeness (QED) is 0.849. The van der Waals surface area contributed by atoms with E-state index in [9.17, 15) is 4.79 Å². The van der Waals surface area contributed by atoms with Crippen molar-refractivity contribution in [3.8, 4) is 0 Å². The zero-order valence-corrected chi connectivity index (χ0v) is 11.3. The molecule has 94 valence electrons. The Labute approximate surface area is 104 Å². The molecule has 0 aliphatic heterocycles. The Morgan fingerprint density at radius 1 is 1.29 bits per heavy atom. The Morgan fingerprint density at radius 3 is 2.53 bits per heavy atom. The van der Waals surface area contributed by atoms with Crippen molar-refractivity contribution in [2.45, 2.75) is 52.5 Å². The van der Waals surface area contributed by atoms with Gasteiger partial charge in [-0.05, 0) is 45.2 Å². The van der Waals surface area contributed by atoms with Crippen molar-refractivity contribution in [2.75, 3.05) is 0 Å². The zero-order chi connectivity index (χ0) is 13.1. The fraction of sp³-hybridized carbons (Fsp3) is 0.533. The van der Waals surface area contributed by atoms with E-state index in [1.165, 1.54) is 11.1 Å². The summed E-state index contributed by atoms with van der Waals surface area (Å²) in [7, 11) is 0. The van der Waals surface area contributed by atoms with E-state index in [1.54, 1.807) is 0 Å². The minimum Gasteiger partial charge on any atom is -0.326 e. The normalized spacial score (nSPS) is 11.6. The molecule has 0 unspecified atom stereocenters. The molecular formula is C15H23NO. The second-order valence-electron chi connectivity index (χ2n) is 5.63. The Balaban J connectivity index is 2.59. The Bertz CT molecular complexity index is 402. The summed E-state index contributed by atoms with van der Waals surface area (Å²) >= 11 is 0. The number of Topliss-reactive ketones (excluding diaryl/α,β-unsaturated/α-hetero) is 1. The molecule has 0 amide bonds. The molecule has 1 rings (SSSR count). The minimum absolute atomic E-state index is 0.253. The highest BCUT2D eigenvalue weighted by Gasteiger charge is 2.14. The smallest absolute Gasteiger partial charge is 0.137 e. The Morgan fingerprint density at radius 2 is 1.94 bits per heavy atom. The molecule has 0 aliphatic rings. The van der Waals surface area contributed by atoms with E-state index in [0.717, 1.165) is 12.0 Å². The monoisotopic (exact) mass is 233 g/mol. The molecule has 2 N–H and O–H groups in total. The van der Waals surface area contributed by atoms with Gasteiger partial charge in [-0.1, -0.05) is 23.8 Å². The van der Waals surface area contributed by atoms with Crippen LogP contribution in [0, 0.1) is 13.8 Å². The molecule has 0 atom stereocenters. The molecule has 1 aromatic rings. The lowest BCUT2D eigenvalue weighted by molar-refractivity contribution is -0.118. The molecule has 0 aliphatic carbocycles. The second kappa shape index (κ2) is 5.46. The summed E-state index contributed by atoms with van der Waals surface area (Å²) in [5.41, 5.74) is 9.17. The van der Waals surface area contributed by atoms with Crippen LogP contribution in [0.2, 0.25) is 0 Å². The van der Waals surface area contributed by atoms with Gasteiger partial charge in [0.1, 0.15) is 5.78 Å². The lowest BCUT2D eigenvalue weighted by Crippen LogP contribution is -2.32. The number of carbonyl (C=O) groups excluding carboxylic acids is 1. The van der Waals surface area contributed by atoms with Gasteiger partial charge >= 0.3 is 0 Å². The first-order valence-corrected chi connectivity index (χ1v) is 6.15. The molecule has 2 heteroatoms. The van der Waals surface area contributed by atoms with Crippen LogP contribution < -0.4 is 5.73 Å². The summed E-state index contributed by atoms with van der Waals surface area (Å²) in [4.78, 5) is 11.9. The van der Waals surface area contributed by atoms with Gasteiger partial charge in [0.25, 0.3) is 0 Å². The highest BCUT2D eigenvalue weighted by Crippen LogP contribution is 2.14. The summed E-state index contributed by atoms with van der Waals surface area (Å²) in [5, 5.41) is 0. The number of aryl methyl sites for hydroxylation is 2. The van der Waals surface area contributed by atoms with Crippen LogP contribution in [-0.2, 0) is 11.2 Å². The molecule has 1 aromatic carbocycles. The van der Waals surface area contributed by atoms with E-state index < -0.39 is 0 Å². The zero-order valence-electron chi connectivity index (χ0n) is 11.3. The minimum atomic E-state index is -0.253. The van der Waals surface area contributed by atoms with Crippen molar-refractivity contribution in [1.29, 1.82) is 0 Å². The van der Waals surface area contributed by atoms with Crippen LogP contribution in [0.4, 0.5) is 0 Å². The van der Waals surface area contributed by atoms with Crippen molar-refractivity contribution in [3.63, 3.8) is 0 Å². The Kier molecular flexibility index (Phi) is 4.47. The SMILES string of the molecule is Cc1ccc(C)c(CC(=O)CCC(C)(C)N)c1. The fourth-order valence-corrected chi connectivity index (χ4v) is 1.75. The van der Waals surface area contributed by atoms with Crippen LogP contribution in [0.25, 0.3) is 0 Å². The van der Waals surface area contributed by atoms with Gasteiger partial charge in [-0.3, -0.25) is 4.79 Å². The van der Waals surface area contributed by atoms with Crippen LogP contribution in [-0.4, -0.2) is 11.3 Å². The highest BCUT2D eigenvalue weighted by atomic mass is 16.1. The van der Waals surface area contributed by atoms with E-state index in [2.05, 4.69) is 32.0 Å². The number of benzene rings is 1. The number of carbonyl (C=O) groups is 1. The molecule has 0 fully saturated rings. The summed E-state index contributed by atoms with van der Waals surface area (Å²) in [5.74, 6) is 0.275. The van der Waals surface area contributed by atoms with Gasteiger partial charge in [0.15, 0.2) is 0 Å². The molecular weight excluding hydrogens is 210 g/mol. The molecule has 0 bridgehead atoms. The predicted molar refractivity (Wildman–Crippen MR) is 72.1 cm³/mol. The van der Waals surface area contributed by atoms with Crippen molar-refractivity contribution < 1.29 is 4.79 Å². The molecule has 0 saturated carbocycles. The van der Waals surface area contributed by atoms with Crippen LogP contribution >= 0.6 is 0 Å². The molecule has 2 nitrogen and oxygen atoms in total. The van der Waals surface area contributed by atoms with Gasteiger partial charge in [0.2, 0.25) is 0 Å². The maximum absolute atomic E-state index is 11.9. The summed E-state index contributed by atoms with van der Waals surface area (Å²) in [6.07, 6.45) is 1.84. The standard InChI is InChI=1S/C15H23NO/c1-11-5-6-12(2)13(9-11)10-14(17)7-8-15(3,4)16/h5-6,9H,7-8,10,16H2,1-4H3. The lowest BCUT2D eigenvalue weighted by atomic mass is 9.94. The van der Waals surface area contributed by atoms with Crippen LogP contribution in [0.15, 0.2) is 18.2 Å². The average molecular weight is 233 g/mol. The van der Waals surface area contributed by atoms with Crippen LogP contribution in [0.5, 0.6) is 0 Å². The van der Waals surface area contributed by atoms with E-state index in [-0.39, 0.29) is 11.3 Å². The van der Waals surface area contributed by atoms with Crippen molar-refractivity contribution in [3.05, 3.63) is 34.9 Å². The number of nitrogens with two attached hydrogens (primary N) is 1. The number of hydrogen-bond acceptors (Lipinski definition) is 2. The fourth-order valence-electron chi connectivity index (χ4n) is 1.75. The third-order valence-corrected chi connectivity index (χ3v) is 2.94. The van der Waals surface area contributed by atoms with Crippen LogP contribution in [0.3, 0.4) is 0 Å². The number of hydrogen-bond donors (Lipinski definition) is 1. The molecule has 0 spiro atoms. The lowest BCUT2D eigenvalue weighted by Gasteiger charge is -2.17. The van der Waals surface area contributed by atoms with Gasteiger partial charge in [-0.2, -0.15) is 0 Å². The van der Waals surface area contributed by atoms with Crippen molar-refractivity contribution >= 4 is 5.78 Å². The summed E-state index contributed by atoms with van der Waals surface area (Å²) in [6, 6.07) is 6.25. The number of ketones is 1. The first-order chi connectivity index (χ1) is 7.78. The third-order valence-electron chi connectivity index (χ3n) is 2.94. The van der Waals surface area contributed by atoms with Gasteiger partial charge < -0.3 is 5.73 Å².